The van der Waals surface area contributed by atoms with Gasteiger partial charge in [-0.1, -0.05) is 84.6 Å². The highest BCUT2D eigenvalue weighted by atomic mass is 16.7. The minimum Gasteiger partial charge on any atom is -0.507 e. The molecule has 1 saturated heterocycles. The minimum atomic E-state index is -2.29. The highest BCUT2D eigenvalue weighted by molar-refractivity contribution is 6.31. The Balaban J connectivity index is 0.884. The van der Waals surface area contributed by atoms with E-state index in [0.717, 1.165) is 42.9 Å². The maximum atomic E-state index is 14.1. The molecule has 3 N–H and O–H groups in total. The van der Waals surface area contributed by atoms with Crippen LogP contribution in [0.1, 0.15) is 187 Å². The van der Waals surface area contributed by atoms with Gasteiger partial charge < -0.3 is 39.0 Å². The van der Waals surface area contributed by atoms with E-state index in [1.807, 2.05) is 6.92 Å². The van der Waals surface area contributed by atoms with Crippen molar-refractivity contribution in [1.29, 1.82) is 0 Å². The second-order valence-corrected chi connectivity index (χ2v) is 23.1. The van der Waals surface area contributed by atoms with Crippen molar-refractivity contribution < 1.29 is 58.2 Å². The lowest BCUT2D eigenvalue weighted by Gasteiger charge is -2.58. The van der Waals surface area contributed by atoms with Crippen LogP contribution in [-0.4, -0.2) is 76.6 Å². The summed E-state index contributed by atoms with van der Waals surface area (Å²) in [7, 11) is 1.36. The predicted molar refractivity (Wildman–Crippen MR) is 254 cm³/mol. The maximum Gasteiger partial charge on any atom is 0.508 e. The minimum absolute atomic E-state index is 0.0277. The smallest absolute Gasteiger partial charge is 0.507 e. The van der Waals surface area contributed by atoms with Gasteiger partial charge >= 0.3 is 6.16 Å². The van der Waals surface area contributed by atoms with Crippen molar-refractivity contribution in [3.63, 3.8) is 0 Å². The molecule has 0 spiro atoms. The molecule has 13 atom stereocenters. The molecule has 0 radical (unpaired) electrons. The first-order chi connectivity index (χ1) is 32.3. The van der Waals surface area contributed by atoms with Crippen molar-refractivity contribution >= 4 is 23.5 Å². The third kappa shape index (κ3) is 8.39. The maximum absolute atomic E-state index is 14.1. The van der Waals surface area contributed by atoms with E-state index in [0.29, 0.717) is 36.5 Å². The van der Waals surface area contributed by atoms with E-state index in [1.165, 1.54) is 69.8 Å². The zero-order valence-electron chi connectivity index (χ0n) is 41.5. The van der Waals surface area contributed by atoms with Crippen LogP contribution in [0.25, 0.3) is 0 Å². The molecule has 0 amide bonds. The molecule has 12 heteroatoms. The number of ketones is 3. The number of benzene rings is 2. The van der Waals surface area contributed by atoms with Crippen molar-refractivity contribution in [2.24, 2.45) is 52.3 Å². The Kier molecular flexibility index (Phi) is 13.3. The summed E-state index contributed by atoms with van der Waals surface area (Å²) in [6, 6.07) is 4.50. The summed E-state index contributed by atoms with van der Waals surface area (Å²) in [6.07, 6.45) is 11.4. The average molecular weight is 939 g/mol. The summed E-state index contributed by atoms with van der Waals surface area (Å²) >= 11 is 0. The van der Waals surface area contributed by atoms with Gasteiger partial charge in [-0.15, -0.1) is 0 Å². The molecule has 3 saturated carbocycles. The van der Waals surface area contributed by atoms with Gasteiger partial charge in [0, 0.05) is 42.4 Å². The third-order valence-corrected chi connectivity index (χ3v) is 18.5. The normalized spacial score (nSPS) is 35.4. The van der Waals surface area contributed by atoms with Crippen molar-refractivity contribution in [2.45, 2.75) is 175 Å². The van der Waals surface area contributed by atoms with Crippen LogP contribution in [-0.2, 0) is 30.2 Å². The molecule has 0 bridgehead atoms. The molecular weight excluding hydrogens is 865 g/mol. The number of fused-ring (bicyclic) bond motifs is 8. The van der Waals surface area contributed by atoms with Gasteiger partial charge in [-0.2, -0.15) is 0 Å². The number of hydrogen-bond donors (Lipinski definition) is 3. The van der Waals surface area contributed by atoms with Crippen LogP contribution in [0.2, 0.25) is 0 Å². The second kappa shape index (κ2) is 18.5. The highest BCUT2D eigenvalue weighted by Crippen LogP contribution is 2.67. The zero-order valence-corrected chi connectivity index (χ0v) is 41.5. The number of carbonyl (C=O) groups excluding carboxylic acids is 4. The lowest BCUT2D eigenvalue weighted by atomic mass is 9.47. The summed E-state index contributed by atoms with van der Waals surface area (Å²) in [5.41, 5.74) is -1.59. The van der Waals surface area contributed by atoms with E-state index in [4.69, 9.17) is 23.7 Å². The number of methoxy groups -OCH3 is 1. The molecule has 9 rings (SSSR count). The van der Waals surface area contributed by atoms with Crippen LogP contribution in [0.5, 0.6) is 17.2 Å². The third-order valence-electron chi connectivity index (χ3n) is 18.5. The molecule has 9 unspecified atom stereocenters. The fourth-order valence-electron chi connectivity index (χ4n) is 15.1. The van der Waals surface area contributed by atoms with Crippen molar-refractivity contribution in [3.8, 4) is 17.2 Å². The SMILES string of the molecule is COc1cccc2c1C(=O)c1c(O)c3c(c(O)c1C2=O)C[C@](O)(C(=O)COC(=O)OC1CCC2(C)C(=CCC4C2CCC2(C)C(C(C)CCCC(C)C)CCC42)C1)C[C@H]3O[C@@H]1CC(C)C[C@@H](C)O1. The molecule has 12 nitrogen and oxygen atoms in total. The van der Waals surface area contributed by atoms with E-state index in [-0.39, 0.29) is 45.4 Å². The number of phenolic OH excluding ortho intramolecular Hbond substituents is 2. The van der Waals surface area contributed by atoms with Crippen molar-refractivity contribution in [3.05, 3.63) is 63.2 Å². The number of hydrogen-bond acceptors (Lipinski definition) is 12. The summed E-state index contributed by atoms with van der Waals surface area (Å²) in [4.78, 5) is 55.7. The predicted octanol–water partition coefficient (Wildman–Crippen LogP) is 10.9. The molecule has 68 heavy (non-hydrogen) atoms. The molecule has 0 aromatic heterocycles. The molecule has 370 valence electrons. The van der Waals surface area contributed by atoms with Gasteiger partial charge in [-0.3, -0.25) is 14.4 Å². The van der Waals surface area contributed by atoms with Gasteiger partial charge in [0.15, 0.2) is 18.7 Å². The molecule has 2 aromatic carbocycles. The van der Waals surface area contributed by atoms with E-state index in [1.54, 1.807) is 6.07 Å². The molecule has 6 aliphatic carbocycles. The van der Waals surface area contributed by atoms with E-state index < -0.39 is 89.7 Å². The Bertz CT molecular complexity index is 2360. The topological polar surface area (TPSA) is 175 Å². The van der Waals surface area contributed by atoms with Gasteiger partial charge in [0.2, 0.25) is 11.6 Å². The Hall–Kier alpha value is -4.26. The summed E-state index contributed by atoms with van der Waals surface area (Å²) < 4.78 is 29.3. The Labute approximate surface area is 401 Å². The number of allylic oxidation sites excluding steroid dienone is 1. The number of phenols is 2. The van der Waals surface area contributed by atoms with Gasteiger partial charge in [0.05, 0.1) is 36.0 Å². The Morgan fingerprint density at radius 3 is 2.41 bits per heavy atom. The fraction of sp³-hybridized carbons (Fsp3) is 0.679. The highest BCUT2D eigenvalue weighted by Gasteiger charge is 2.59. The summed E-state index contributed by atoms with van der Waals surface area (Å²) in [5.74, 6) is 1.05. The van der Waals surface area contributed by atoms with Crippen molar-refractivity contribution in [2.75, 3.05) is 13.7 Å². The Morgan fingerprint density at radius 2 is 1.68 bits per heavy atom. The van der Waals surface area contributed by atoms with Crippen LogP contribution in [0, 0.1) is 52.3 Å². The van der Waals surface area contributed by atoms with Gasteiger partial charge in [-0.25, -0.2) is 4.79 Å². The van der Waals surface area contributed by atoms with Crippen LogP contribution in [0.3, 0.4) is 0 Å². The molecule has 7 aliphatic rings. The van der Waals surface area contributed by atoms with Gasteiger partial charge in [0.25, 0.3) is 0 Å². The number of carbonyl (C=O) groups is 4. The second-order valence-electron chi connectivity index (χ2n) is 23.1. The molecule has 4 fully saturated rings. The lowest BCUT2D eigenvalue weighted by Crippen LogP contribution is -2.51. The standard InChI is InChI=1S/C56H74O12/c1-29(2)11-9-12-31(4)38-17-18-39-35-16-15-33-25-34(19-21-54(33,6)40(35)20-22-55(38,39)7)67-53(62)65-28-43(57)56(63)26-37-46(42(27-56)68-44-24-30(3)23-32(5)66-44)52(61)48-47(50(37)59)49(58)36-13-10-14-41(64-8)45(36)51(48)60/h10,13-15,29-32,34-35,38-40,42,44,59,61,63H,9,11-12,16-28H2,1-8H3/t30?,31?,32-,34?,35?,38?,39?,40?,42-,44-,54?,55?,56-/m1/s1. The number of Topliss-reactive ketones (excluding diaryl/α,β-unsaturated/α-hetero) is 1. The van der Waals surface area contributed by atoms with E-state index >= 15 is 0 Å². The largest absolute Gasteiger partial charge is 0.508 e. The van der Waals surface area contributed by atoms with Crippen molar-refractivity contribution in [1.82, 2.24) is 0 Å². The first-order valence-corrected chi connectivity index (χ1v) is 25.7. The molecule has 2 aromatic rings. The van der Waals surface area contributed by atoms with Gasteiger partial charge in [-0.05, 0) is 117 Å². The Morgan fingerprint density at radius 1 is 0.912 bits per heavy atom. The average Bonchev–Trinajstić information content (AvgIpc) is 3.65. The molecular formula is C56H74O12. The molecule has 1 aliphatic heterocycles. The van der Waals surface area contributed by atoms with E-state index in [2.05, 4.69) is 47.6 Å². The number of rotatable bonds is 12. The number of aliphatic hydroxyl groups is 1. The monoisotopic (exact) mass is 939 g/mol. The summed E-state index contributed by atoms with van der Waals surface area (Å²) in [6.45, 7) is 15.3. The van der Waals surface area contributed by atoms with Crippen LogP contribution in [0.4, 0.5) is 4.79 Å². The first-order valence-electron chi connectivity index (χ1n) is 25.7. The van der Waals surface area contributed by atoms with Crippen LogP contribution in [0.15, 0.2) is 29.8 Å². The number of ether oxygens (including phenoxy) is 5. The fourth-order valence-corrected chi connectivity index (χ4v) is 15.1. The molecule has 1 heterocycles. The summed E-state index contributed by atoms with van der Waals surface area (Å²) in [5, 5.41) is 36.1. The lowest BCUT2D eigenvalue weighted by molar-refractivity contribution is -0.231. The van der Waals surface area contributed by atoms with Crippen LogP contribution >= 0.6 is 0 Å². The first kappa shape index (κ1) is 48.8. The van der Waals surface area contributed by atoms with E-state index in [9.17, 15) is 34.5 Å². The quantitative estimate of drug-likeness (QED) is 0.0892. The van der Waals surface area contributed by atoms with Crippen LogP contribution < -0.4 is 4.74 Å². The zero-order chi connectivity index (χ0) is 48.6. The number of aromatic hydroxyl groups is 2. The van der Waals surface area contributed by atoms with Gasteiger partial charge in [0.1, 0.15) is 29.0 Å².